The first kappa shape index (κ1) is 9.21. The van der Waals surface area contributed by atoms with E-state index in [1.54, 1.807) is 12.5 Å². The standard InChI is InChI=1S/C11H14N2O/c1-8(2)12-6-10-5-9-3-4-14-11(9)7-13-10/h3-5,7-8,12H,6H2,1-2H3. The summed E-state index contributed by atoms with van der Waals surface area (Å²) in [5, 5.41) is 4.44. The van der Waals surface area contributed by atoms with Crippen LogP contribution in [0, 0.1) is 0 Å². The van der Waals surface area contributed by atoms with Crippen LogP contribution in [0.2, 0.25) is 0 Å². The van der Waals surface area contributed by atoms with Gasteiger partial charge in [0.05, 0.1) is 18.2 Å². The van der Waals surface area contributed by atoms with Crippen LogP contribution < -0.4 is 5.32 Å². The van der Waals surface area contributed by atoms with Gasteiger partial charge in [-0.05, 0) is 12.1 Å². The Labute approximate surface area is 83.1 Å². The molecule has 0 amide bonds. The predicted molar refractivity (Wildman–Crippen MR) is 56.0 cm³/mol. The smallest absolute Gasteiger partial charge is 0.152 e. The van der Waals surface area contributed by atoms with Gasteiger partial charge in [-0.15, -0.1) is 0 Å². The molecule has 0 spiro atoms. The Morgan fingerprint density at radius 2 is 2.36 bits per heavy atom. The molecule has 0 unspecified atom stereocenters. The van der Waals surface area contributed by atoms with Gasteiger partial charge < -0.3 is 9.73 Å². The number of aromatic nitrogens is 1. The maximum absolute atomic E-state index is 5.22. The quantitative estimate of drug-likeness (QED) is 0.807. The molecule has 14 heavy (non-hydrogen) atoms. The Kier molecular flexibility index (Phi) is 2.50. The number of rotatable bonds is 3. The molecular formula is C11H14N2O. The van der Waals surface area contributed by atoms with Crippen molar-refractivity contribution in [2.75, 3.05) is 0 Å². The summed E-state index contributed by atoms with van der Waals surface area (Å²) >= 11 is 0. The first-order chi connectivity index (χ1) is 6.75. The lowest BCUT2D eigenvalue weighted by Crippen LogP contribution is -2.22. The van der Waals surface area contributed by atoms with Gasteiger partial charge in [-0.25, -0.2) is 0 Å². The molecule has 0 aliphatic carbocycles. The normalized spacial score (nSPS) is 11.4. The van der Waals surface area contributed by atoms with Crippen molar-refractivity contribution in [1.29, 1.82) is 0 Å². The fraction of sp³-hybridized carbons (Fsp3) is 0.364. The van der Waals surface area contributed by atoms with Crippen LogP contribution in [0.5, 0.6) is 0 Å². The van der Waals surface area contributed by atoms with Crippen molar-refractivity contribution in [2.24, 2.45) is 0 Å². The van der Waals surface area contributed by atoms with Gasteiger partial charge in [0.15, 0.2) is 5.58 Å². The minimum Gasteiger partial charge on any atom is -0.463 e. The van der Waals surface area contributed by atoms with Crippen LogP contribution in [0.1, 0.15) is 19.5 Å². The van der Waals surface area contributed by atoms with E-state index in [9.17, 15) is 0 Å². The molecule has 0 fully saturated rings. The third-order valence-electron chi connectivity index (χ3n) is 2.09. The Hall–Kier alpha value is -1.35. The molecule has 2 heterocycles. The van der Waals surface area contributed by atoms with E-state index in [2.05, 4.69) is 24.1 Å². The molecule has 74 valence electrons. The highest BCUT2D eigenvalue weighted by Crippen LogP contribution is 2.14. The van der Waals surface area contributed by atoms with E-state index in [0.717, 1.165) is 23.2 Å². The first-order valence-corrected chi connectivity index (χ1v) is 4.81. The largest absolute Gasteiger partial charge is 0.463 e. The first-order valence-electron chi connectivity index (χ1n) is 4.81. The zero-order chi connectivity index (χ0) is 9.97. The number of hydrogen-bond donors (Lipinski definition) is 1. The van der Waals surface area contributed by atoms with Crippen LogP contribution in [0.4, 0.5) is 0 Å². The summed E-state index contributed by atoms with van der Waals surface area (Å²) in [6, 6.07) is 4.49. The summed E-state index contributed by atoms with van der Waals surface area (Å²) in [5.74, 6) is 0. The van der Waals surface area contributed by atoms with Crippen LogP contribution in [-0.4, -0.2) is 11.0 Å². The highest BCUT2D eigenvalue weighted by atomic mass is 16.3. The van der Waals surface area contributed by atoms with Gasteiger partial charge >= 0.3 is 0 Å². The molecule has 2 aromatic heterocycles. The van der Waals surface area contributed by atoms with E-state index in [0.29, 0.717) is 6.04 Å². The molecule has 2 aromatic rings. The summed E-state index contributed by atoms with van der Waals surface area (Å²) in [7, 11) is 0. The van der Waals surface area contributed by atoms with Gasteiger partial charge in [-0.1, -0.05) is 13.8 Å². The number of fused-ring (bicyclic) bond motifs is 1. The van der Waals surface area contributed by atoms with Gasteiger partial charge in [0, 0.05) is 18.0 Å². The number of pyridine rings is 1. The zero-order valence-electron chi connectivity index (χ0n) is 8.45. The fourth-order valence-electron chi connectivity index (χ4n) is 1.32. The number of nitrogens with zero attached hydrogens (tertiary/aromatic N) is 1. The van der Waals surface area contributed by atoms with Crippen molar-refractivity contribution in [1.82, 2.24) is 10.3 Å². The maximum atomic E-state index is 5.22. The third-order valence-corrected chi connectivity index (χ3v) is 2.09. The van der Waals surface area contributed by atoms with Gasteiger partial charge in [0.25, 0.3) is 0 Å². The Morgan fingerprint density at radius 1 is 1.50 bits per heavy atom. The SMILES string of the molecule is CC(C)NCc1cc2ccoc2cn1. The van der Waals surface area contributed by atoms with Crippen LogP contribution in [-0.2, 0) is 6.54 Å². The third kappa shape index (κ3) is 1.93. The summed E-state index contributed by atoms with van der Waals surface area (Å²) in [6.45, 7) is 5.05. The molecule has 0 bridgehead atoms. The second-order valence-corrected chi connectivity index (χ2v) is 3.67. The molecule has 0 atom stereocenters. The summed E-state index contributed by atoms with van der Waals surface area (Å²) in [5.41, 5.74) is 1.89. The van der Waals surface area contributed by atoms with Crippen molar-refractivity contribution in [2.45, 2.75) is 26.4 Å². The molecule has 0 saturated carbocycles. The molecule has 0 aliphatic rings. The van der Waals surface area contributed by atoms with E-state index in [1.807, 2.05) is 12.1 Å². The van der Waals surface area contributed by atoms with Crippen molar-refractivity contribution >= 4 is 11.0 Å². The fourth-order valence-corrected chi connectivity index (χ4v) is 1.32. The molecule has 1 N–H and O–H groups in total. The second kappa shape index (κ2) is 3.80. The molecule has 2 rings (SSSR count). The van der Waals surface area contributed by atoms with Gasteiger partial charge in [-0.2, -0.15) is 0 Å². The summed E-state index contributed by atoms with van der Waals surface area (Å²) in [6.07, 6.45) is 3.46. The summed E-state index contributed by atoms with van der Waals surface area (Å²) < 4.78 is 5.22. The molecule has 0 saturated heterocycles. The van der Waals surface area contributed by atoms with Crippen molar-refractivity contribution in [3.8, 4) is 0 Å². The topological polar surface area (TPSA) is 38.1 Å². The van der Waals surface area contributed by atoms with E-state index in [1.165, 1.54) is 0 Å². The van der Waals surface area contributed by atoms with E-state index in [4.69, 9.17) is 4.42 Å². The molecule has 0 aliphatic heterocycles. The number of furan rings is 1. The molecule has 0 radical (unpaired) electrons. The molecule has 3 nitrogen and oxygen atoms in total. The van der Waals surface area contributed by atoms with E-state index in [-0.39, 0.29) is 0 Å². The second-order valence-electron chi connectivity index (χ2n) is 3.67. The van der Waals surface area contributed by atoms with E-state index < -0.39 is 0 Å². The van der Waals surface area contributed by atoms with E-state index >= 15 is 0 Å². The van der Waals surface area contributed by atoms with Gasteiger partial charge in [-0.3, -0.25) is 4.98 Å². The molecule has 3 heteroatoms. The van der Waals surface area contributed by atoms with Crippen molar-refractivity contribution in [3.05, 3.63) is 30.3 Å². The molecular weight excluding hydrogens is 176 g/mol. The number of hydrogen-bond acceptors (Lipinski definition) is 3. The van der Waals surface area contributed by atoms with Crippen LogP contribution >= 0.6 is 0 Å². The molecule has 0 aromatic carbocycles. The lowest BCUT2D eigenvalue weighted by Gasteiger charge is -2.06. The van der Waals surface area contributed by atoms with Crippen molar-refractivity contribution < 1.29 is 4.42 Å². The highest BCUT2D eigenvalue weighted by Gasteiger charge is 2.00. The monoisotopic (exact) mass is 190 g/mol. The van der Waals surface area contributed by atoms with Crippen molar-refractivity contribution in [3.63, 3.8) is 0 Å². The maximum Gasteiger partial charge on any atom is 0.152 e. The average molecular weight is 190 g/mol. The minimum atomic E-state index is 0.483. The predicted octanol–water partition coefficient (Wildman–Crippen LogP) is 2.33. The van der Waals surface area contributed by atoms with Gasteiger partial charge in [0.1, 0.15) is 0 Å². The Balaban J connectivity index is 2.17. The van der Waals surface area contributed by atoms with Crippen LogP contribution in [0.3, 0.4) is 0 Å². The zero-order valence-corrected chi connectivity index (χ0v) is 8.45. The number of nitrogens with one attached hydrogen (secondary N) is 1. The van der Waals surface area contributed by atoms with Crippen LogP contribution in [0.15, 0.2) is 29.0 Å². The minimum absolute atomic E-state index is 0.483. The lowest BCUT2D eigenvalue weighted by atomic mass is 10.2. The lowest BCUT2D eigenvalue weighted by molar-refractivity contribution is 0.580. The highest BCUT2D eigenvalue weighted by molar-refractivity contribution is 5.76. The Bertz CT molecular complexity index is 420. The summed E-state index contributed by atoms with van der Waals surface area (Å²) in [4.78, 5) is 4.29. The van der Waals surface area contributed by atoms with Gasteiger partial charge in [0.2, 0.25) is 0 Å². The average Bonchev–Trinajstić information content (AvgIpc) is 2.61. The van der Waals surface area contributed by atoms with Crippen LogP contribution in [0.25, 0.3) is 11.0 Å². The Morgan fingerprint density at radius 3 is 3.14 bits per heavy atom.